The zero-order valence-electron chi connectivity index (χ0n) is 15.8. The standard InChI is InChI=1S/C21H27N3O2/c1-5-16(4)23-21(26)17-10-7-11-18(12-17)24-19(25)13-22-20-14(2)8-6-9-15(20)3/h6-12,16,22H,5,13H2,1-4H3,(H,23,26)(H,24,25). The van der Waals surface area contributed by atoms with E-state index < -0.39 is 0 Å². The van der Waals surface area contributed by atoms with Gasteiger partial charge in [-0.3, -0.25) is 9.59 Å². The first kappa shape index (κ1) is 19.5. The zero-order chi connectivity index (χ0) is 19.1. The highest BCUT2D eigenvalue weighted by atomic mass is 16.2. The van der Waals surface area contributed by atoms with Gasteiger partial charge in [0.05, 0.1) is 6.54 Å². The molecule has 0 aliphatic carbocycles. The molecule has 2 aromatic rings. The van der Waals surface area contributed by atoms with Crippen LogP contribution in [0.3, 0.4) is 0 Å². The van der Waals surface area contributed by atoms with Gasteiger partial charge in [-0.15, -0.1) is 0 Å². The highest BCUT2D eigenvalue weighted by Gasteiger charge is 2.10. The smallest absolute Gasteiger partial charge is 0.251 e. The lowest BCUT2D eigenvalue weighted by molar-refractivity contribution is -0.114. The molecule has 0 heterocycles. The van der Waals surface area contributed by atoms with Crippen LogP contribution in [-0.2, 0) is 4.79 Å². The van der Waals surface area contributed by atoms with Crippen molar-refractivity contribution in [3.8, 4) is 0 Å². The van der Waals surface area contributed by atoms with E-state index in [-0.39, 0.29) is 24.4 Å². The van der Waals surface area contributed by atoms with Crippen molar-refractivity contribution in [1.29, 1.82) is 0 Å². The lowest BCUT2D eigenvalue weighted by atomic mass is 10.1. The van der Waals surface area contributed by atoms with Crippen molar-refractivity contribution in [3.63, 3.8) is 0 Å². The van der Waals surface area contributed by atoms with Crippen molar-refractivity contribution in [3.05, 3.63) is 59.2 Å². The van der Waals surface area contributed by atoms with Crippen LogP contribution in [0, 0.1) is 13.8 Å². The molecule has 26 heavy (non-hydrogen) atoms. The van der Waals surface area contributed by atoms with E-state index in [9.17, 15) is 9.59 Å². The van der Waals surface area contributed by atoms with E-state index in [2.05, 4.69) is 16.0 Å². The summed E-state index contributed by atoms with van der Waals surface area (Å²) >= 11 is 0. The minimum Gasteiger partial charge on any atom is -0.376 e. The molecule has 5 nitrogen and oxygen atoms in total. The number of nitrogens with one attached hydrogen (secondary N) is 3. The first-order chi connectivity index (χ1) is 12.4. The van der Waals surface area contributed by atoms with E-state index in [1.54, 1.807) is 24.3 Å². The summed E-state index contributed by atoms with van der Waals surface area (Å²) in [5, 5.41) is 8.93. The van der Waals surface area contributed by atoms with Crippen LogP contribution in [0.5, 0.6) is 0 Å². The van der Waals surface area contributed by atoms with E-state index in [0.29, 0.717) is 11.3 Å². The number of hydrogen-bond acceptors (Lipinski definition) is 3. The molecule has 1 unspecified atom stereocenters. The Morgan fingerprint density at radius 2 is 1.69 bits per heavy atom. The number of rotatable bonds is 7. The predicted octanol–water partition coefficient (Wildman–Crippen LogP) is 3.88. The molecule has 0 aliphatic rings. The Kier molecular flexibility index (Phi) is 6.78. The quantitative estimate of drug-likeness (QED) is 0.707. The molecule has 5 heteroatoms. The number of hydrogen-bond donors (Lipinski definition) is 3. The van der Waals surface area contributed by atoms with Gasteiger partial charge in [0.1, 0.15) is 0 Å². The number of carbonyl (C=O) groups is 2. The number of anilines is 2. The molecular formula is C21H27N3O2. The maximum Gasteiger partial charge on any atom is 0.251 e. The van der Waals surface area contributed by atoms with Crippen molar-refractivity contribution in [2.24, 2.45) is 0 Å². The van der Waals surface area contributed by atoms with Crippen LogP contribution in [0.4, 0.5) is 11.4 Å². The molecule has 0 saturated heterocycles. The molecule has 0 radical (unpaired) electrons. The Hall–Kier alpha value is -2.82. The second-order valence-corrected chi connectivity index (χ2v) is 6.53. The van der Waals surface area contributed by atoms with Crippen molar-refractivity contribution in [1.82, 2.24) is 5.32 Å². The molecule has 0 saturated carbocycles. The van der Waals surface area contributed by atoms with Crippen LogP contribution in [0.1, 0.15) is 41.8 Å². The third-order valence-electron chi connectivity index (χ3n) is 4.31. The Bertz CT molecular complexity index is 766. The largest absolute Gasteiger partial charge is 0.376 e. The van der Waals surface area contributed by atoms with Crippen LogP contribution < -0.4 is 16.0 Å². The van der Waals surface area contributed by atoms with Gasteiger partial charge in [0.15, 0.2) is 0 Å². The Balaban J connectivity index is 1.97. The Labute approximate surface area is 155 Å². The predicted molar refractivity (Wildman–Crippen MR) is 107 cm³/mol. The molecule has 2 aromatic carbocycles. The van der Waals surface area contributed by atoms with Crippen molar-refractivity contribution >= 4 is 23.2 Å². The second kappa shape index (κ2) is 9.04. The van der Waals surface area contributed by atoms with Crippen molar-refractivity contribution in [2.45, 2.75) is 40.2 Å². The second-order valence-electron chi connectivity index (χ2n) is 6.53. The summed E-state index contributed by atoms with van der Waals surface area (Å²) in [6, 6.07) is 13.1. The summed E-state index contributed by atoms with van der Waals surface area (Å²) in [5.41, 5.74) is 4.31. The van der Waals surface area contributed by atoms with Gasteiger partial charge in [-0.05, 0) is 56.5 Å². The molecule has 0 aliphatic heterocycles. The van der Waals surface area contributed by atoms with Gasteiger partial charge < -0.3 is 16.0 Å². The molecular weight excluding hydrogens is 326 g/mol. The number of carbonyl (C=O) groups excluding carboxylic acids is 2. The molecule has 2 rings (SSSR count). The first-order valence-corrected chi connectivity index (χ1v) is 8.91. The maximum absolute atomic E-state index is 12.2. The molecule has 2 amide bonds. The fourth-order valence-electron chi connectivity index (χ4n) is 2.61. The number of aryl methyl sites for hydroxylation is 2. The van der Waals surface area contributed by atoms with E-state index in [0.717, 1.165) is 23.2 Å². The van der Waals surface area contributed by atoms with Crippen LogP contribution in [0.2, 0.25) is 0 Å². The first-order valence-electron chi connectivity index (χ1n) is 8.91. The summed E-state index contributed by atoms with van der Waals surface area (Å²) in [4.78, 5) is 24.4. The van der Waals surface area contributed by atoms with Gasteiger partial charge in [-0.2, -0.15) is 0 Å². The SMILES string of the molecule is CCC(C)NC(=O)c1cccc(NC(=O)CNc2c(C)cccc2C)c1. The topological polar surface area (TPSA) is 70.2 Å². The van der Waals surface area contributed by atoms with Gasteiger partial charge in [-0.25, -0.2) is 0 Å². The zero-order valence-corrected chi connectivity index (χ0v) is 15.8. The lowest BCUT2D eigenvalue weighted by Gasteiger charge is -2.14. The van der Waals surface area contributed by atoms with Crippen molar-refractivity contribution < 1.29 is 9.59 Å². The molecule has 0 spiro atoms. The van der Waals surface area contributed by atoms with Crippen LogP contribution in [0.15, 0.2) is 42.5 Å². The minimum absolute atomic E-state index is 0.113. The average Bonchev–Trinajstić information content (AvgIpc) is 2.61. The summed E-state index contributed by atoms with van der Waals surface area (Å²) < 4.78 is 0. The van der Waals surface area contributed by atoms with E-state index in [1.807, 2.05) is 45.9 Å². The summed E-state index contributed by atoms with van der Waals surface area (Å²) in [6.07, 6.45) is 0.867. The van der Waals surface area contributed by atoms with Gasteiger partial charge in [0.2, 0.25) is 5.91 Å². The lowest BCUT2D eigenvalue weighted by Crippen LogP contribution is -2.32. The Morgan fingerprint density at radius 1 is 1.04 bits per heavy atom. The van der Waals surface area contributed by atoms with E-state index >= 15 is 0 Å². The van der Waals surface area contributed by atoms with Gasteiger partial charge >= 0.3 is 0 Å². The molecule has 0 bridgehead atoms. The monoisotopic (exact) mass is 353 g/mol. The van der Waals surface area contributed by atoms with Gasteiger partial charge in [0, 0.05) is 23.0 Å². The molecule has 0 aromatic heterocycles. The number of para-hydroxylation sites is 1. The Morgan fingerprint density at radius 3 is 2.35 bits per heavy atom. The van der Waals surface area contributed by atoms with Crippen LogP contribution in [-0.4, -0.2) is 24.4 Å². The van der Waals surface area contributed by atoms with Gasteiger partial charge in [0.25, 0.3) is 5.91 Å². The molecule has 0 fully saturated rings. The highest BCUT2D eigenvalue weighted by molar-refractivity contribution is 5.98. The summed E-state index contributed by atoms with van der Waals surface area (Å²) in [6.45, 7) is 8.15. The number of amides is 2. The van der Waals surface area contributed by atoms with Gasteiger partial charge in [-0.1, -0.05) is 31.2 Å². The summed E-state index contributed by atoms with van der Waals surface area (Å²) in [5.74, 6) is -0.295. The minimum atomic E-state index is -0.160. The third-order valence-corrected chi connectivity index (χ3v) is 4.31. The fraction of sp³-hybridized carbons (Fsp3) is 0.333. The number of benzene rings is 2. The normalized spacial score (nSPS) is 11.5. The van der Waals surface area contributed by atoms with E-state index in [4.69, 9.17) is 0 Å². The molecule has 138 valence electrons. The molecule has 1 atom stereocenters. The highest BCUT2D eigenvalue weighted by Crippen LogP contribution is 2.19. The van der Waals surface area contributed by atoms with Crippen molar-refractivity contribution in [2.75, 3.05) is 17.2 Å². The average molecular weight is 353 g/mol. The van der Waals surface area contributed by atoms with E-state index in [1.165, 1.54) is 0 Å². The van der Waals surface area contributed by atoms with Crippen LogP contribution in [0.25, 0.3) is 0 Å². The maximum atomic E-state index is 12.2. The fourth-order valence-corrected chi connectivity index (χ4v) is 2.61. The van der Waals surface area contributed by atoms with Crippen LogP contribution >= 0.6 is 0 Å². The third kappa shape index (κ3) is 5.34. The molecule has 3 N–H and O–H groups in total. The summed E-state index contributed by atoms with van der Waals surface area (Å²) in [7, 11) is 0.